The van der Waals surface area contributed by atoms with Gasteiger partial charge in [0.1, 0.15) is 31.2 Å². The summed E-state index contributed by atoms with van der Waals surface area (Å²) in [5.41, 5.74) is 11.0. The van der Waals surface area contributed by atoms with Crippen LogP contribution >= 0.6 is 0 Å². The van der Waals surface area contributed by atoms with Gasteiger partial charge in [-0.15, -0.1) is 0 Å². The maximum atomic E-state index is 14.5. The van der Waals surface area contributed by atoms with Crippen LogP contribution in [0.15, 0.2) is 11.1 Å². The monoisotopic (exact) mass is 482 g/mol. The first-order chi connectivity index (χ1) is 16.2. The van der Waals surface area contributed by atoms with Crippen LogP contribution in [0.4, 0.5) is 10.3 Å². The smallest absolute Gasteiger partial charge is 0.323 e. The number of nitrogens with one attached hydrogen (secondary N) is 1. The zero-order chi connectivity index (χ0) is 24.8. The number of unbranched alkanes of at least 4 members (excludes halogenated alkanes) is 2. The molecule has 3 rings (SSSR count). The van der Waals surface area contributed by atoms with E-state index in [9.17, 15) is 18.8 Å². The Morgan fingerprint density at radius 3 is 2.82 bits per heavy atom. The molecule has 0 radical (unpaired) electrons. The number of imidazole rings is 1. The van der Waals surface area contributed by atoms with Gasteiger partial charge in [0, 0.05) is 12.8 Å². The lowest BCUT2D eigenvalue weighted by molar-refractivity contribution is -0.150. The fourth-order valence-electron chi connectivity index (χ4n) is 3.50. The molecule has 1 fully saturated rings. The number of alkyl halides is 1. The van der Waals surface area contributed by atoms with E-state index in [-0.39, 0.29) is 49.1 Å². The number of nitrogen functional groups attached to an aromatic ring is 1. The third-order valence-electron chi connectivity index (χ3n) is 5.59. The Balaban J connectivity index is 1.37. The lowest BCUT2D eigenvalue weighted by Gasteiger charge is -2.15. The van der Waals surface area contributed by atoms with E-state index < -0.39 is 42.0 Å². The van der Waals surface area contributed by atoms with Gasteiger partial charge >= 0.3 is 11.9 Å². The first-order valence-corrected chi connectivity index (χ1v) is 11.3. The van der Waals surface area contributed by atoms with Gasteiger partial charge in [-0.1, -0.05) is 13.8 Å². The lowest BCUT2D eigenvalue weighted by atomic mass is 10.1. The number of rotatable bonds is 11. The molecule has 4 atom stereocenters. The Kier molecular flexibility index (Phi) is 8.56. The topological polar surface area (TPSA) is 177 Å². The summed E-state index contributed by atoms with van der Waals surface area (Å²) in [4.78, 5) is 45.9. The van der Waals surface area contributed by atoms with E-state index in [2.05, 4.69) is 15.0 Å². The Morgan fingerprint density at radius 1 is 1.32 bits per heavy atom. The van der Waals surface area contributed by atoms with Crippen molar-refractivity contribution in [1.82, 2.24) is 19.5 Å². The second kappa shape index (κ2) is 11.4. The van der Waals surface area contributed by atoms with Crippen LogP contribution in [-0.2, 0) is 23.8 Å². The van der Waals surface area contributed by atoms with Crippen LogP contribution in [0.5, 0.6) is 0 Å². The molecule has 1 aliphatic heterocycles. The van der Waals surface area contributed by atoms with Gasteiger partial charge in [0.05, 0.1) is 12.9 Å². The Bertz CT molecular complexity index is 1060. The highest BCUT2D eigenvalue weighted by Crippen LogP contribution is 2.32. The van der Waals surface area contributed by atoms with Crippen molar-refractivity contribution in [2.45, 2.75) is 70.5 Å². The van der Waals surface area contributed by atoms with E-state index in [1.165, 1.54) is 10.9 Å². The molecule has 0 aromatic carbocycles. The lowest BCUT2D eigenvalue weighted by Crippen LogP contribution is -2.37. The summed E-state index contributed by atoms with van der Waals surface area (Å²) >= 11 is 0. The van der Waals surface area contributed by atoms with E-state index in [1.807, 2.05) is 13.8 Å². The minimum atomic E-state index is -1.37. The van der Waals surface area contributed by atoms with Crippen LogP contribution in [0.3, 0.4) is 0 Å². The first kappa shape index (κ1) is 25.6. The average Bonchev–Trinajstić information content (AvgIpc) is 3.37. The fourth-order valence-corrected chi connectivity index (χ4v) is 3.50. The molecular weight excluding hydrogens is 451 g/mol. The molecule has 0 aliphatic carbocycles. The highest BCUT2D eigenvalue weighted by molar-refractivity contribution is 5.75. The summed E-state index contributed by atoms with van der Waals surface area (Å²) in [6.45, 7) is 3.69. The van der Waals surface area contributed by atoms with E-state index in [4.69, 9.17) is 25.7 Å². The van der Waals surface area contributed by atoms with Gasteiger partial charge in [-0.2, -0.15) is 4.98 Å². The zero-order valence-corrected chi connectivity index (χ0v) is 19.2. The van der Waals surface area contributed by atoms with Crippen molar-refractivity contribution in [3.05, 3.63) is 16.7 Å². The van der Waals surface area contributed by atoms with Gasteiger partial charge in [0.15, 0.2) is 11.2 Å². The third kappa shape index (κ3) is 6.29. The standard InChI is InChI=1S/C21H31FN6O6/c1-11(2)16(23)20(31)32-7-5-3-4-6-15(29)33-9-13-12(22)8-14(34-13)28-10-25-17-18(28)26-21(24)27-19(17)30/h10-14,16H,3-9,23H2,1-2H3,(H3,24,26,27,30)/t12?,13-,14-,16+/m1/s1. The number of carbonyl (C=O) groups is 2. The highest BCUT2D eigenvalue weighted by Gasteiger charge is 2.38. The van der Waals surface area contributed by atoms with Crippen molar-refractivity contribution in [3.8, 4) is 0 Å². The molecule has 0 bridgehead atoms. The van der Waals surface area contributed by atoms with Crippen molar-refractivity contribution in [2.24, 2.45) is 11.7 Å². The molecule has 3 heterocycles. The summed E-state index contributed by atoms with van der Waals surface area (Å²) in [6.07, 6.45) is 0.209. The number of hydrogen-bond acceptors (Lipinski definition) is 10. The Hall–Kier alpha value is -3.06. The van der Waals surface area contributed by atoms with E-state index >= 15 is 0 Å². The van der Waals surface area contributed by atoms with Crippen LogP contribution in [0.1, 0.15) is 52.2 Å². The number of aromatic nitrogens is 4. The van der Waals surface area contributed by atoms with Gasteiger partial charge in [-0.05, 0) is 25.2 Å². The number of nitrogens with two attached hydrogens (primary N) is 2. The van der Waals surface area contributed by atoms with Crippen LogP contribution in [0.25, 0.3) is 11.2 Å². The minimum Gasteiger partial charge on any atom is -0.465 e. The first-order valence-electron chi connectivity index (χ1n) is 11.3. The quantitative estimate of drug-likeness (QED) is 0.309. The van der Waals surface area contributed by atoms with Crippen molar-refractivity contribution in [3.63, 3.8) is 0 Å². The number of hydrogen-bond donors (Lipinski definition) is 3. The molecule has 13 heteroatoms. The number of esters is 2. The molecule has 1 saturated heterocycles. The van der Waals surface area contributed by atoms with Crippen molar-refractivity contribution < 1.29 is 28.2 Å². The maximum absolute atomic E-state index is 14.5. The summed E-state index contributed by atoms with van der Waals surface area (Å²) in [5.74, 6) is -0.979. The highest BCUT2D eigenvalue weighted by atomic mass is 19.1. The molecule has 12 nitrogen and oxygen atoms in total. The van der Waals surface area contributed by atoms with Crippen LogP contribution < -0.4 is 17.0 Å². The van der Waals surface area contributed by atoms with Gasteiger partial charge in [0.2, 0.25) is 5.95 Å². The predicted molar refractivity (Wildman–Crippen MR) is 119 cm³/mol. The number of H-pyrrole nitrogens is 1. The molecule has 0 amide bonds. The molecule has 2 aromatic heterocycles. The number of nitrogens with zero attached hydrogens (tertiary/aromatic N) is 3. The van der Waals surface area contributed by atoms with Crippen LogP contribution in [0, 0.1) is 5.92 Å². The largest absolute Gasteiger partial charge is 0.465 e. The Morgan fingerprint density at radius 2 is 2.09 bits per heavy atom. The van der Waals surface area contributed by atoms with Gasteiger partial charge in [-0.25, -0.2) is 9.37 Å². The zero-order valence-electron chi connectivity index (χ0n) is 19.2. The molecule has 1 unspecified atom stereocenters. The number of anilines is 1. The van der Waals surface area contributed by atoms with Gasteiger partial charge in [-0.3, -0.25) is 23.9 Å². The second-order valence-electron chi connectivity index (χ2n) is 8.59. The molecule has 34 heavy (non-hydrogen) atoms. The van der Waals surface area contributed by atoms with E-state index in [0.717, 1.165) is 0 Å². The van der Waals surface area contributed by atoms with E-state index in [0.29, 0.717) is 19.3 Å². The minimum absolute atomic E-state index is 0.00409. The van der Waals surface area contributed by atoms with Crippen molar-refractivity contribution in [2.75, 3.05) is 18.9 Å². The molecule has 2 aromatic rings. The normalized spacial score (nSPS) is 21.1. The van der Waals surface area contributed by atoms with Crippen molar-refractivity contribution >= 4 is 29.1 Å². The third-order valence-corrected chi connectivity index (χ3v) is 5.59. The summed E-state index contributed by atoms with van der Waals surface area (Å²) in [6, 6.07) is -0.642. The second-order valence-corrected chi connectivity index (χ2v) is 8.59. The molecule has 0 spiro atoms. The predicted octanol–water partition coefficient (Wildman–Crippen LogP) is 0.958. The summed E-state index contributed by atoms with van der Waals surface area (Å²) in [7, 11) is 0. The number of ether oxygens (including phenoxy) is 3. The molecule has 1 aliphatic rings. The molecule has 0 saturated carbocycles. The SMILES string of the molecule is CC(C)[C@H](N)C(=O)OCCCCCC(=O)OC[C@H]1O[C@@H](n2cnc3c(=O)[nH]c(N)nc32)CC1F. The molecular formula is C21H31FN6O6. The average molecular weight is 483 g/mol. The van der Waals surface area contributed by atoms with Gasteiger partial charge in [0.25, 0.3) is 5.56 Å². The van der Waals surface area contributed by atoms with Crippen LogP contribution in [-0.4, -0.2) is 63.0 Å². The summed E-state index contributed by atoms with van der Waals surface area (Å²) in [5, 5.41) is 0. The Labute approximate surface area is 195 Å². The summed E-state index contributed by atoms with van der Waals surface area (Å²) < 4.78 is 31.9. The van der Waals surface area contributed by atoms with Crippen LogP contribution in [0.2, 0.25) is 0 Å². The fraction of sp³-hybridized carbons (Fsp3) is 0.667. The number of halogens is 1. The number of fused-ring (bicyclic) bond motifs is 1. The number of carbonyl (C=O) groups excluding carboxylic acids is 2. The molecule has 5 N–H and O–H groups in total. The van der Waals surface area contributed by atoms with Gasteiger partial charge < -0.3 is 25.7 Å². The van der Waals surface area contributed by atoms with Crippen molar-refractivity contribution in [1.29, 1.82) is 0 Å². The number of aromatic amines is 1. The van der Waals surface area contributed by atoms with E-state index in [1.54, 1.807) is 0 Å². The molecule has 188 valence electrons. The maximum Gasteiger partial charge on any atom is 0.323 e.